The molecule has 1 atom stereocenters. The maximum atomic E-state index is 10.8. The molecular weight excluding hydrogens is 204 g/mol. The third-order valence-corrected chi connectivity index (χ3v) is 2.27. The Kier molecular flexibility index (Phi) is 4.79. The van der Waals surface area contributed by atoms with Crippen molar-refractivity contribution >= 4 is 5.91 Å². The Balaban J connectivity index is 2.46. The van der Waals surface area contributed by atoms with E-state index in [1.54, 1.807) is 6.92 Å². The lowest BCUT2D eigenvalue weighted by Gasteiger charge is -2.10. The van der Waals surface area contributed by atoms with Crippen LogP contribution in [0.4, 0.5) is 0 Å². The molecule has 0 spiro atoms. The molecule has 0 fully saturated rings. The van der Waals surface area contributed by atoms with Crippen molar-refractivity contribution in [3.63, 3.8) is 0 Å². The monoisotopic (exact) mass is 222 g/mol. The van der Waals surface area contributed by atoms with E-state index in [2.05, 4.69) is 5.32 Å². The molecule has 1 aromatic rings. The summed E-state index contributed by atoms with van der Waals surface area (Å²) in [6.07, 6.45) is 0. The van der Waals surface area contributed by atoms with Gasteiger partial charge in [0.2, 0.25) is 5.91 Å². The first-order valence-corrected chi connectivity index (χ1v) is 5.38. The molecule has 0 aromatic heterocycles. The molecular formula is C12H18N2O2. The van der Waals surface area contributed by atoms with Gasteiger partial charge < -0.3 is 15.8 Å². The van der Waals surface area contributed by atoms with Gasteiger partial charge in [0.25, 0.3) is 0 Å². The van der Waals surface area contributed by atoms with Gasteiger partial charge in [0.15, 0.2) is 0 Å². The predicted octanol–water partition coefficient (Wildman–Crippen LogP) is 1.05. The molecule has 1 rings (SSSR count). The Bertz CT molecular complexity index is 335. The van der Waals surface area contributed by atoms with Gasteiger partial charge in [0.1, 0.15) is 5.75 Å². The Hall–Kier alpha value is -1.55. The SMILES string of the molecule is CCOc1ccc(CNC(C)C(N)=O)cc1. The third-order valence-electron chi connectivity index (χ3n) is 2.27. The van der Waals surface area contributed by atoms with Gasteiger partial charge in [0.05, 0.1) is 12.6 Å². The minimum atomic E-state index is -0.342. The summed E-state index contributed by atoms with van der Waals surface area (Å²) in [6, 6.07) is 7.44. The van der Waals surface area contributed by atoms with Crippen molar-refractivity contribution in [2.75, 3.05) is 6.61 Å². The molecule has 16 heavy (non-hydrogen) atoms. The maximum absolute atomic E-state index is 10.8. The second-order valence-electron chi connectivity index (χ2n) is 3.58. The van der Waals surface area contributed by atoms with Crippen LogP contribution < -0.4 is 15.8 Å². The Labute approximate surface area is 95.8 Å². The summed E-state index contributed by atoms with van der Waals surface area (Å²) in [5.41, 5.74) is 6.24. The van der Waals surface area contributed by atoms with Gasteiger partial charge in [-0.25, -0.2) is 0 Å². The first kappa shape index (κ1) is 12.5. The van der Waals surface area contributed by atoms with Gasteiger partial charge in [-0.2, -0.15) is 0 Å². The fourth-order valence-corrected chi connectivity index (χ4v) is 1.24. The van der Waals surface area contributed by atoms with Gasteiger partial charge in [0, 0.05) is 6.54 Å². The van der Waals surface area contributed by atoms with E-state index in [-0.39, 0.29) is 11.9 Å². The fraction of sp³-hybridized carbons (Fsp3) is 0.417. The van der Waals surface area contributed by atoms with E-state index in [9.17, 15) is 4.79 Å². The number of carbonyl (C=O) groups is 1. The number of benzene rings is 1. The lowest BCUT2D eigenvalue weighted by molar-refractivity contribution is -0.119. The molecule has 0 radical (unpaired) electrons. The van der Waals surface area contributed by atoms with E-state index < -0.39 is 0 Å². The summed E-state index contributed by atoms with van der Waals surface area (Å²) in [7, 11) is 0. The second-order valence-corrected chi connectivity index (χ2v) is 3.58. The van der Waals surface area contributed by atoms with Crippen LogP contribution >= 0.6 is 0 Å². The number of nitrogens with two attached hydrogens (primary N) is 1. The fourth-order valence-electron chi connectivity index (χ4n) is 1.24. The van der Waals surface area contributed by atoms with Crippen molar-refractivity contribution in [3.05, 3.63) is 29.8 Å². The number of hydrogen-bond acceptors (Lipinski definition) is 3. The van der Waals surface area contributed by atoms with Gasteiger partial charge >= 0.3 is 0 Å². The van der Waals surface area contributed by atoms with Crippen LogP contribution in [0.3, 0.4) is 0 Å². The first-order valence-electron chi connectivity index (χ1n) is 5.38. The zero-order chi connectivity index (χ0) is 12.0. The molecule has 0 saturated heterocycles. The molecule has 4 heteroatoms. The summed E-state index contributed by atoms with van der Waals surface area (Å²) < 4.78 is 5.33. The van der Waals surface area contributed by atoms with Gasteiger partial charge in [-0.1, -0.05) is 12.1 Å². The van der Waals surface area contributed by atoms with Crippen molar-refractivity contribution in [2.24, 2.45) is 5.73 Å². The number of nitrogens with one attached hydrogen (secondary N) is 1. The zero-order valence-corrected chi connectivity index (χ0v) is 9.69. The Morgan fingerprint density at radius 1 is 1.44 bits per heavy atom. The van der Waals surface area contributed by atoms with Crippen molar-refractivity contribution in [2.45, 2.75) is 26.4 Å². The standard InChI is InChI=1S/C12H18N2O2/c1-3-16-11-6-4-10(5-7-11)8-14-9(2)12(13)15/h4-7,9,14H,3,8H2,1-2H3,(H2,13,15). The maximum Gasteiger partial charge on any atom is 0.234 e. The van der Waals surface area contributed by atoms with Crippen LogP contribution in [0.25, 0.3) is 0 Å². The van der Waals surface area contributed by atoms with E-state index >= 15 is 0 Å². The van der Waals surface area contributed by atoms with Gasteiger partial charge in [-0.3, -0.25) is 4.79 Å². The van der Waals surface area contributed by atoms with Crippen LogP contribution in [0, 0.1) is 0 Å². The van der Waals surface area contributed by atoms with E-state index in [1.807, 2.05) is 31.2 Å². The number of amides is 1. The summed E-state index contributed by atoms with van der Waals surface area (Å²) in [5.74, 6) is 0.514. The summed E-state index contributed by atoms with van der Waals surface area (Å²) in [4.78, 5) is 10.8. The molecule has 88 valence electrons. The predicted molar refractivity (Wildman–Crippen MR) is 63.1 cm³/mol. The van der Waals surface area contributed by atoms with E-state index in [0.717, 1.165) is 11.3 Å². The number of carbonyl (C=O) groups excluding carboxylic acids is 1. The highest BCUT2D eigenvalue weighted by Crippen LogP contribution is 2.11. The van der Waals surface area contributed by atoms with E-state index in [1.165, 1.54) is 0 Å². The molecule has 4 nitrogen and oxygen atoms in total. The number of ether oxygens (including phenoxy) is 1. The van der Waals surface area contributed by atoms with Gasteiger partial charge in [-0.15, -0.1) is 0 Å². The molecule has 1 aromatic carbocycles. The lowest BCUT2D eigenvalue weighted by atomic mass is 10.2. The highest BCUT2D eigenvalue weighted by molar-refractivity contribution is 5.79. The quantitative estimate of drug-likeness (QED) is 0.756. The summed E-state index contributed by atoms with van der Waals surface area (Å²) in [6.45, 7) is 4.98. The lowest BCUT2D eigenvalue weighted by Crippen LogP contribution is -2.38. The third kappa shape index (κ3) is 3.90. The van der Waals surface area contributed by atoms with Crippen LogP contribution in [-0.4, -0.2) is 18.6 Å². The summed E-state index contributed by atoms with van der Waals surface area (Å²) in [5, 5.41) is 3.03. The zero-order valence-electron chi connectivity index (χ0n) is 9.69. The minimum absolute atomic E-state index is 0.313. The smallest absolute Gasteiger partial charge is 0.234 e. The molecule has 0 aliphatic rings. The topological polar surface area (TPSA) is 64.3 Å². The number of hydrogen-bond donors (Lipinski definition) is 2. The van der Waals surface area contributed by atoms with E-state index in [0.29, 0.717) is 13.2 Å². The molecule has 3 N–H and O–H groups in total. The largest absolute Gasteiger partial charge is 0.494 e. The van der Waals surface area contributed by atoms with Crippen molar-refractivity contribution in [3.8, 4) is 5.75 Å². The van der Waals surface area contributed by atoms with Gasteiger partial charge in [-0.05, 0) is 31.5 Å². The Morgan fingerprint density at radius 2 is 2.06 bits per heavy atom. The highest BCUT2D eigenvalue weighted by atomic mass is 16.5. The normalized spacial score (nSPS) is 12.1. The van der Waals surface area contributed by atoms with Crippen LogP contribution in [0.1, 0.15) is 19.4 Å². The molecule has 0 saturated carbocycles. The first-order chi connectivity index (χ1) is 7.63. The van der Waals surface area contributed by atoms with Crippen LogP contribution in [0.5, 0.6) is 5.75 Å². The second kappa shape index (κ2) is 6.12. The molecule has 0 aliphatic heterocycles. The number of primary amides is 1. The molecule has 0 heterocycles. The molecule has 1 unspecified atom stereocenters. The van der Waals surface area contributed by atoms with Crippen LogP contribution in [-0.2, 0) is 11.3 Å². The average molecular weight is 222 g/mol. The van der Waals surface area contributed by atoms with Crippen molar-refractivity contribution < 1.29 is 9.53 Å². The summed E-state index contributed by atoms with van der Waals surface area (Å²) >= 11 is 0. The minimum Gasteiger partial charge on any atom is -0.494 e. The number of rotatable bonds is 6. The van der Waals surface area contributed by atoms with Crippen molar-refractivity contribution in [1.82, 2.24) is 5.32 Å². The van der Waals surface area contributed by atoms with Crippen LogP contribution in [0.2, 0.25) is 0 Å². The highest BCUT2D eigenvalue weighted by Gasteiger charge is 2.06. The molecule has 0 bridgehead atoms. The Morgan fingerprint density at radius 3 is 2.56 bits per heavy atom. The van der Waals surface area contributed by atoms with E-state index in [4.69, 9.17) is 10.5 Å². The van der Waals surface area contributed by atoms with Crippen LogP contribution in [0.15, 0.2) is 24.3 Å². The average Bonchev–Trinajstić information content (AvgIpc) is 2.28. The molecule has 0 aliphatic carbocycles. The van der Waals surface area contributed by atoms with Crippen molar-refractivity contribution in [1.29, 1.82) is 0 Å². The molecule has 1 amide bonds.